The van der Waals surface area contributed by atoms with Crippen molar-refractivity contribution >= 4 is 17.3 Å². The van der Waals surface area contributed by atoms with Crippen molar-refractivity contribution in [2.24, 2.45) is 5.73 Å². The molecule has 0 aliphatic heterocycles. The van der Waals surface area contributed by atoms with Crippen LogP contribution < -0.4 is 10.6 Å². The highest BCUT2D eigenvalue weighted by molar-refractivity contribution is 5.99. The summed E-state index contributed by atoms with van der Waals surface area (Å²) in [4.78, 5) is 23.8. The third-order valence-corrected chi connectivity index (χ3v) is 2.85. The monoisotopic (exact) mass is 265 g/mol. The van der Waals surface area contributed by atoms with Crippen LogP contribution in [0.2, 0.25) is 0 Å². The fourth-order valence-corrected chi connectivity index (χ4v) is 2.21. The topological polar surface area (TPSA) is 89.5 Å². The predicted molar refractivity (Wildman–Crippen MR) is 74.4 cm³/mol. The van der Waals surface area contributed by atoms with Crippen LogP contribution in [-0.4, -0.2) is 22.9 Å². The molecule has 0 heterocycles. The number of carbonyl (C=O) groups excluding carboxylic acids is 1. The molecule has 0 saturated heterocycles. The van der Waals surface area contributed by atoms with Gasteiger partial charge in [0, 0.05) is 24.2 Å². The van der Waals surface area contributed by atoms with Gasteiger partial charge < -0.3 is 10.6 Å². The van der Waals surface area contributed by atoms with E-state index in [1.165, 1.54) is 12.1 Å². The first kappa shape index (κ1) is 14.9. The molecule has 0 atom stereocenters. The predicted octanol–water partition coefficient (Wildman–Crippen LogP) is 2.32. The number of non-ortho nitro benzene ring substituents is 1. The standard InChI is InChI=1S/C13H19N3O3/c1-8(2)15(9(3)4)12-6-5-10(16(18)19)7-11(12)13(14)17/h5-9H,1-4H3,(H2,14,17). The van der Waals surface area contributed by atoms with E-state index in [1.54, 1.807) is 6.07 Å². The Bertz CT molecular complexity index is 490. The van der Waals surface area contributed by atoms with E-state index < -0.39 is 10.8 Å². The Labute approximate surface area is 112 Å². The Morgan fingerprint density at radius 1 is 1.26 bits per heavy atom. The molecule has 0 aromatic heterocycles. The molecular formula is C13H19N3O3. The highest BCUT2D eigenvalue weighted by Gasteiger charge is 2.22. The summed E-state index contributed by atoms with van der Waals surface area (Å²) in [5, 5.41) is 10.8. The van der Waals surface area contributed by atoms with Crippen molar-refractivity contribution in [3.05, 3.63) is 33.9 Å². The first-order valence-electron chi connectivity index (χ1n) is 6.12. The smallest absolute Gasteiger partial charge is 0.270 e. The highest BCUT2D eigenvalue weighted by atomic mass is 16.6. The Morgan fingerprint density at radius 3 is 2.16 bits per heavy atom. The lowest BCUT2D eigenvalue weighted by Crippen LogP contribution is -2.38. The van der Waals surface area contributed by atoms with Crippen molar-refractivity contribution in [1.82, 2.24) is 0 Å². The van der Waals surface area contributed by atoms with Gasteiger partial charge in [-0.25, -0.2) is 0 Å². The first-order chi connectivity index (χ1) is 8.75. The van der Waals surface area contributed by atoms with Gasteiger partial charge in [0.05, 0.1) is 16.2 Å². The van der Waals surface area contributed by atoms with Crippen LogP contribution in [0.25, 0.3) is 0 Å². The van der Waals surface area contributed by atoms with Crippen molar-refractivity contribution in [3.8, 4) is 0 Å². The van der Waals surface area contributed by atoms with Crippen molar-refractivity contribution in [3.63, 3.8) is 0 Å². The average Bonchev–Trinajstić information content (AvgIpc) is 2.27. The number of nitro benzene ring substituents is 1. The average molecular weight is 265 g/mol. The summed E-state index contributed by atoms with van der Waals surface area (Å²) in [7, 11) is 0. The van der Waals surface area contributed by atoms with E-state index in [0.29, 0.717) is 5.69 Å². The Balaban J connectivity index is 3.41. The largest absolute Gasteiger partial charge is 0.366 e. The summed E-state index contributed by atoms with van der Waals surface area (Å²) in [6, 6.07) is 4.51. The van der Waals surface area contributed by atoms with E-state index in [-0.39, 0.29) is 23.3 Å². The maximum atomic E-state index is 11.5. The third kappa shape index (κ3) is 3.21. The molecule has 6 nitrogen and oxygen atoms in total. The first-order valence-corrected chi connectivity index (χ1v) is 6.12. The summed E-state index contributed by atoms with van der Waals surface area (Å²) in [5.41, 5.74) is 6.00. The molecule has 0 unspecified atom stereocenters. The molecule has 0 fully saturated rings. The molecule has 0 aliphatic rings. The van der Waals surface area contributed by atoms with Crippen LogP contribution in [0, 0.1) is 10.1 Å². The van der Waals surface area contributed by atoms with E-state index >= 15 is 0 Å². The summed E-state index contributed by atoms with van der Waals surface area (Å²) in [6.45, 7) is 7.97. The van der Waals surface area contributed by atoms with Crippen molar-refractivity contribution in [2.45, 2.75) is 39.8 Å². The van der Waals surface area contributed by atoms with E-state index in [9.17, 15) is 14.9 Å². The van der Waals surface area contributed by atoms with Gasteiger partial charge in [-0.2, -0.15) is 0 Å². The van der Waals surface area contributed by atoms with E-state index in [1.807, 2.05) is 32.6 Å². The zero-order valence-electron chi connectivity index (χ0n) is 11.6. The second kappa shape index (κ2) is 5.69. The summed E-state index contributed by atoms with van der Waals surface area (Å²) < 4.78 is 0. The summed E-state index contributed by atoms with van der Waals surface area (Å²) in [5.74, 6) is -0.662. The maximum absolute atomic E-state index is 11.5. The van der Waals surface area contributed by atoms with Gasteiger partial charge in [0.25, 0.3) is 11.6 Å². The molecule has 1 aromatic carbocycles. The molecule has 104 valence electrons. The van der Waals surface area contributed by atoms with E-state index in [4.69, 9.17) is 5.73 Å². The number of nitrogens with two attached hydrogens (primary N) is 1. The van der Waals surface area contributed by atoms with Crippen LogP contribution in [-0.2, 0) is 0 Å². The molecule has 6 heteroatoms. The van der Waals surface area contributed by atoms with Crippen molar-refractivity contribution < 1.29 is 9.72 Å². The van der Waals surface area contributed by atoms with E-state index in [2.05, 4.69) is 0 Å². The SMILES string of the molecule is CC(C)N(c1ccc([N+](=O)[O-])cc1C(N)=O)C(C)C. The second-order valence-electron chi connectivity index (χ2n) is 4.92. The lowest BCUT2D eigenvalue weighted by atomic mass is 10.1. The van der Waals surface area contributed by atoms with Crippen LogP contribution in [0.4, 0.5) is 11.4 Å². The number of nitro groups is 1. The number of hydrogen-bond acceptors (Lipinski definition) is 4. The minimum absolute atomic E-state index is 0.134. The van der Waals surface area contributed by atoms with Crippen LogP contribution >= 0.6 is 0 Å². The zero-order chi connectivity index (χ0) is 14.7. The van der Waals surface area contributed by atoms with Crippen molar-refractivity contribution in [2.75, 3.05) is 4.90 Å². The molecule has 0 aliphatic carbocycles. The van der Waals surface area contributed by atoms with Crippen LogP contribution in [0.5, 0.6) is 0 Å². The van der Waals surface area contributed by atoms with E-state index in [0.717, 1.165) is 0 Å². The number of primary amides is 1. The number of benzene rings is 1. The minimum atomic E-state index is -0.662. The van der Waals surface area contributed by atoms with Gasteiger partial charge in [0.15, 0.2) is 0 Å². The van der Waals surface area contributed by atoms with Gasteiger partial charge in [-0.3, -0.25) is 14.9 Å². The molecule has 1 aromatic rings. The molecular weight excluding hydrogens is 246 g/mol. The molecule has 1 amide bonds. The number of nitrogens with zero attached hydrogens (tertiary/aromatic N) is 2. The molecule has 0 spiro atoms. The number of rotatable bonds is 5. The maximum Gasteiger partial charge on any atom is 0.270 e. The molecule has 1 rings (SSSR count). The molecule has 19 heavy (non-hydrogen) atoms. The van der Waals surface area contributed by atoms with Gasteiger partial charge >= 0.3 is 0 Å². The molecule has 2 N–H and O–H groups in total. The fourth-order valence-electron chi connectivity index (χ4n) is 2.21. The van der Waals surface area contributed by atoms with Gasteiger partial charge in [-0.05, 0) is 33.8 Å². The van der Waals surface area contributed by atoms with Gasteiger partial charge in [0.2, 0.25) is 0 Å². The van der Waals surface area contributed by atoms with Crippen molar-refractivity contribution in [1.29, 1.82) is 0 Å². The lowest BCUT2D eigenvalue weighted by molar-refractivity contribution is -0.384. The Kier molecular flexibility index (Phi) is 4.47. The third-order valence-electron chi connectivity index (χ3n) is 2.85. The summed E-state index contributed by atoms with van der Waals surface area (Å²) in [6.07, 6.45) is 0. The zero-order valence-corrected chi connectivity index (χ0v) is 11.6. The quantitative estimate of drug-likeness (QED) is 0.653. The Morgan fingerprint density at radius 2 is 1.79 bits per heavy atom. The molecule has 0 saturated carbocycles. The summed E-state index contributed by atoms with van der Waals surface area (Å²) >= 11 is 0. The second-order valence-corrected chi connectivity index (χ2v) is 4.92. The highest BCUT2D eigenvalue weighted by Crippen LogP contribution is 2.28. The normalized spacial score (nSPS) is 10.8. The molecule has 0 radical (unpaired) electrons. The minimum Gasteiger partial charge on any atom is -0.366 e. The van der Waals surface area contributed by atoms with Crippen LogP contribution in [0.15, 0.2) is 18.2 Å². The number of anilines is 1. The lowest BCUT2D eigenvalue weighted by Gasteiger charge is -2.34. The van der Waals surface area contributed by atoms with Gasteiger partial charge in [-0.1, -0.05) is 0 Å². The van der Waals surface area contributed by atoms with Crippen LogP contribution in [0.1, 0.15) is 38.1 Å². The number of carbonyl (C=O) groups is 1. The Hall–Kier alpha value is -2.11. The van der Waals surface area contributed by atoms with Crippen LogP contribution in [0.3, 0.4) is 0 Å². The fraction of sp³-hybridized carbons (Fsp3) is 0.462. The number of hydrogen-bond donors (Lipinski definition) is 1. The number of amides is 1. The van der Waals surface area contributed by atoms with Gasteiger partial charge in [-0.15, -0.1) is 0 Å². The van der Waals surface area contributed by atoms with Gasteiger partial charge in [0.1, 0.15) is 0 Å². The molecule has 0 bridgehead atoms.